The predicted molar refractivity (Wildman–Crippen MR) is 360 cm³/mol. The lowest BCUT2D eigenvalue weighted by Crippen LogP contribution is -2.27. The number of thiazole rings is 2. The van der Waals surface area contributed by atoms with Gasteiger partial charge in [-0.2, -0.15) is 0 Å². The van der Waals surface area contributed by atoms with E-state index in [9.17, 15) is 0 Å². The number of benzene rings is 5. The summed E-state index contributed by atoms with van der Waals surface area (Å²) < 4.78 is 4.81. The van der Waals surface area contributed by atoms with Crippen molar-refractivity contribution >= 4 is 75.0 Å². The monoisotopic (exact) mass is 1240 g/mol. The molecule has 80 heavy (non-hydrogen) atoms. The van der Waals surface area contributed by atoms with Crippen LogP contribution in [0.4, 0.5) is 0 Å². The van der Waals surface area contributed by atoms with Gasteiger partial charge in [0.1, 0.15) is 10.0 Å². The molecule has 2 aromatic heterocycles. The Morgan fingerprint density at radius 1 is 0.350 bits per heavy atom. The van der Waals surface area contributed by atoms with Gasteiger partial charge in [0, 0.05) is 30.9 Å². The molecule has 6 heteroatoms. The SMILES string of the molecule is CC(C)CCCC(C)CCC1(CCC(C)CCCC(C)C)c2cc(Br)ccc2-c2ccc(-c3nc4cc5sc(-c6ccc7c(c6)C(CCC(C)CCCC(C)C)(CCC(C)CCCC(C)C)c6cc(Br)ccc6-7)nc5cc4s3)cc21. The molecule has 2 aliphatic rings. The van der Waals surface area contributed by atoms with Crippen molar-refractivity contribution in [3.8, 4) is 43.4 Å². The summed E-state index contributed by atoms with van der Waals surface area (Å²) in [6.45, 7) is 29.1. The molecule has 0 bridgehead atoms. The molecule has 430 valence electrons. The fourth-order valence-corrected chi connectivity index (χ4v) is 16.8. The van der Waals surface area contributed by atoms with Gasteiger partial charge in [-0.3, -0.25) is 0 Å². The minimum atomic E-state index is -0.0310. The Kier molecular flexibility index (Phi) is 20.9. The van der Waals surface area contributed by atoms with Crippen LogP contribution in [0.1, 0.15) is 234 Å². The Labute approximate surface area is 510 Å². The average molecular weight is 1240 g/mol. The first-order valence-electron chi connectivity index (χ1n) is 31.9. The molecule has 4 unspecified atom stereocenters. The van der Waals surface area contributed by atoms with E-state index in [2.05, 4.69) is 200 Å². The number of hydrogen-bond donors (Lipinski definition) is 0. The van der Waals surface area contributed by atoms with Crippen molar-refractivity contribution in [1.82, 2.24) is 9.97 Å². The summed E-state index contributed by atoms with van der Waals surface area (Å²) in [5, 5.41) is 2.22. The third-order valence-electron chi connectivity index (χ3n) is 19.2. The van der Waals surface area contributed by atoms with Gasteiger partial charge in [-0.05, 0) is 192 Å². The number of rotatable bonds is 30. The molecule has 2 aliphatic carbocycles. The molecule has 5 aromatic carbocycles. The molecule has 7 aromatic rings. The molecular weight excluding hydrogens is 1140 g/mol. The van der Waals surface area contributed by atoms with Crippen molar-refractivity contribution in [1.29, 1.82) is 0 Å². The zero-order chi connectivity index (χ0) is 56.9. The molecule has 0 saturated heterocycles. The van der Waals surface area contributed by atoms with Crippen LogP contribution in [-0.4, -0.2) is 9.97 Å². The highest BCUT2D eigenvalue weighted by Crippen LogP contribution is 2.58. The highest BCUT2D eigenvalue weighted by Gasteiger charge is 2.45. The predicted octanol–water partition coefficient (Wildman–Crippen LogP) is 25.3. The third kappa shape index (κ3) is 14.3. The number of aromatic nitrogens is 2. The van der Waals surface area contributed by atoms with E-state index in [-0.39, 0.29) is 10.8 Å². The quantitative estimate of drug-likeness (QED) is 0.0448. The van der Waals surface area contributed by atoms with Gasteiger partial charge >= 0.3 is 0 Å². The fraction of sp³-hybridized carbons (Fsp3) is 0.568. The van der Waals surface area contributed by atoms with Crippen molar-refractivity contribution in [2.45, 2.75) is 222 Å². The Balaban J connectivity index is 1.04. The Morgan fingerprint density at radius 3 is 0.938 bits per heavy atom. The van der Waals surface area contributed by atoms with Gasteiger partial charge in [-0.1, -0.05) is 228 Å². The molecule has 0 radical (unpaired) electrons. The normalized spacial score (nSPS) is 18.2. The van der Waals surface area contributed by atoms with E-state index < -0.39 is 0 Å². The molecule has 0 amide bonds. The lowest BCUT2D eigenvalue weighted by molar-refractivity contribution is 0.327. The second-order valence-corrected chi connectivity index (χ2v) is 31.7. The Bertz CT molecular complexity index is 2870. The van der Waals surface area contributed by atoms with Crippen LogP contribution in [0.2, 0.25) is 0 Å². The molecule has 0 fully saturated rings. The zero-order valence-corrected chi connectivity index (χ0v) is 56.1. The van der Waals surface area contributed by atoms with Crippen LogP contribution in [-0.2, 0) is 10.8 Å². The first-order chi connectivity index (χ1) is 38.3. The Morgan fingerprint density at radius 2 is 0.637 bits per heavy atom. The summed E-state index contributed by atoms with van der Waals surface area (Å²) in [6, 6.07) is 33.8. The lowest BCUT2D eigenvalue weighted by atomic mass is 9.69. The summed E-state index contributed by atoms with van der Waals surface area (Å²) in [7, 11) is 0. The van der Waals surface area contributed by atoms with Crippen molar-refractivity contribution in [2.75, 3.05) is 0 Å². The van der Waals surface area contributed by atoms with Gasteiger partial charge in [0.2, 0.25) is 0 Å². The first-order valence-corrected chi connectivity index (χ1v) is 35.2. The molecule has 2 nitrogen and oxygen atoms in total. The van der Waals surface area contributed by atoms with Crippen molar-refractivity contribution < 1.29 is 0 Å². The highest BCUT2D eigenvalue weighted by atomic mass is 79.9. The zero-order valence-electron chi connectivity index (χ0n) is 51.3. The average Bonchev–Trinajstić information content (AvgIpc) is 4.25. The van der Waals surface area contributed by atoms with Crippen LogP contribution in [0.25, 0.3) is 63.8 Å². The Hall–Kier alpha value is -3.16. The van der Waals surface area contributed by atoms with Crippen LogP contribution in [0.15, 0.2) is 93.9 Å². The highest BCUT2D eigenvalue weighted by molar-refractivity contribution is 9.10. The summed E-state index contributed by atoms with van der Waals surface area (Å²) in [6.07, 6.45) is 25.6. The van der Waals surface area contributed by atoms with Gasteiger partial charge < -0.3 is 0 Å². The molecule has 0 saturated carbocycles. The molecule has 2 heterocycles. The number of halogens is 2. The largest absolute Gasteiger partial charge is 0.236 e. The topological polar surface area (TPSA) is 25.8 Å². The molecular formula is C74H98Br2N2S2. The summed E-state index contributed by atoms with van der Waals surface area (Å²) in [5.41, 5.74) is 16.4. The second kappa shape index (κ2) is 27.3. The van der Waals surface area contributed by atoms with Gasteiger partial charge in [0.15, 0.2) is 0 Å². The first kappa shape index (κ1) is 61.4. The maximum Gasteiger partial charge on any atom is 0.124 e. The standard InChI is InChI=1S/C74H98Br2N2S2/c1-47(2)17-13-21-51(9)33-37-73(38-34-52(10)22-14-18-48(3)4)63-41-55(25-29-59(63)61-31-27-57(75)43-65(61)73)71-77-67-45-70-68(46-69(67)79-71)78-72(80-70)56-26-30-60-62-32-28-58(76)44-66(62)74(64(60)42-56,39-35-53(11)23-15-19-49(5)6)40-36-54(12)24-16-20-50(7)8/h25-32,41-54H,13-24,33-40H2,1-12H3. The molecule has 9 rings (SSSR count). The third-order valence-corrected chi connectivity index (χ3v) is 22.3. The second-order valence-electron chi connectivity index (χ2n) is 27.8. The van der Waals surface area contributed by atoms with E-state index in [1.807, 2.05) is 22.7 Å². The number of hydrogen-bond acceptors (Lipinski definition) is 4. The summed E-state index contributed by atoms with van der Waals surface area (Å²) >= 11 is 11.6. The van der Waals surface area contributed by atoms with Gasteiger partial charge in [-0.25, -0.2) is 9.97 Å². The molecule has 4 atom stereocenters. The smallest absolute Gasteiger partial charge is 0.124 e. The van der Waals surface area contributed by atoms with Crippen molar-refractivity contribution in [3.63, 3.8) is 0 Å². The minimum absolute atomic E-state index is 0.0310. The van der Waals surface area contributed by atoms with Crippen LogP contribution in [0.3, 0.4) is 0 Å². The van der Waals surface area contributed by atoms with Crippen molar-refractivity contribution in [2.24, 2.45) is 47.3 Å². The number of fused-ring (bicyclic) bond motifs is 8. The van der Waals surface area contributed by atoms with Crippen LogP contribution >= 0.6 is 54.5 Å². The van der Waals surface area contributed by atoms with Gasteiger partial charge in [0.05, 0.1) is 20.4 Å². The van der Waals surface area contributed by atoms with Crippen LogP contribution in [0, 0.1) is 47.3 Å². The van der Waals surface area contributed by atoms with E-state index in [1.165, 1.54) is 202 Å². The maximum atomic E-state index is 5.50. The minimum Gasteiger partial charge on any atom is -0.236 e. The molecule has 0 spiro atoms. The van der Waals surface area contributed by atoms with E-state index in [0.29, 0.717) is 23.7 Å². The van der Waals surface area contributed by atoms with E-state index >= 15 is 0 Å². The van der Waals surface area contributed by atoms with E-state index in [1.54, 1.807) is 0 Å². The molecule has 0 aliphatic heterocycles. The van der Waals surface area contributed by atoms with E-state index in [0.717, 1.165) is 44.7 Å². The maximum absolute atomic E-state index is 5.50. The van der Waals surface area contributed by atoms with Gasteiger partial charge in [-0.15, -0.1) is 22.7 Å². The van der Waals surface area contributed by atoms with E-state index in [4.69, 9.17) is 9.97 Å². The lowest BCUT2D eigenvalue weighted by Gasteiger charge is -2.35. The molecule has 0 N–H and O–H groups in total. The van der Waals surface area contributed by atoms with Crippen molar-refractivity contribution in [3.05, 3.63) is 116 Å². The number of nitrogens with zero attached hydrogens (tertiary/aromatic N) is 2. The van der Waals surface area contributed by atoms with Gasteiger partial charge in [0.25, 0.3) is 0 Å². The van der Waals surface area contributed by atoms with Crippen LogP contribution < -0.4 is 0 Å². The summed E-state index contributed by atoms with van der Waals surface area (Å²) in [5.74, 6) is 5.87. The summed E-state index contributed by atoms with van der Waals surface area (Å²) in [4.78, 5) is 11.0. The fourth-order valence-electron chi connectivity index (χ4n) is 14.2. The van der Waals surface area contributed by atoms with Crippen LogP contribution in [0.5, 0.6) is 0 Å².